The second-order valence-corrected chi connectivity index (χ2v) is 4.89. The molecule has 3 unspecified atom stereocenters. The minimum atomic E-state index is -0.302. The molecule has 3 aliphatic carbocycles. The number of hydrogen-bond acceptors (Lipinski definition) is 3. The second kappa shape index (κ2) is 2.59. The van der Waals surface area contributed by atoms with Gasteiger partial charge in [0.25, 0.3) is 0 Å². The molecule has 1 saturated heterocycles. The van der Waals surface area contributed by atoms with Crippen LogP contribution in [0.15, 0.2) is 0 Å². The highest BCUT2D eigenvalue weighted by molar-refractivity contribution is 5.93. The number of carbonyl (C=O) groups excluding carboxylic acids is 2. The average molecular weight is 194 g/mol. The maximum Gasteiger partial charge on any atom is 0.309 e. The van der Waals surface area contributed by atoms with Crippen LogP contribution >= 0.6 is 0 Å². The molecule has 0 aromatic carbocycles. The van der Waals surface area contributed by atoms with E-state index in [9.17, 15) is 9.59 Å². The summed E-state index contributed by atoms with van der Waals surface area (Å²) in [6.45, 7) is 0.450. The Morgan fingerprint density at radius 2 is 2.14 bits per heavy atom. The van der Waals surface area contributed by atoms with Crippen LogP contribution in [-0.2, 0) is 14.3 Å². The summed E-state index contributed by atoms with van der Waals surface area (Å²) in [6.07, 6.45) is 4.44. The van der Waals surface area contributed by atoms with Gasteiger partial charge in [-0.2, -0.15) is 0 Å². The summed E-state index contributed by atoms with van der Waals surface area (Å²) >= 11 is 0. The summed E-state index contributed by atoms with van der Waals surface area (Å²) < 4.78 is 5.05. The van der Waals surface area contributed by atoms with E-state index in [1.165, 1.54) is 0 Å². The lowest BCUT2D eigenvalue weighted by atomic mass is 9.52. The van der Waals surface area contributed by atoms with Crippen LogP contribution in [-0.4, -0.2) is 18.4 Å². The molecule has 76 valence electrons. The standard InChI is InChI=1S/C11H14O3/c12-9-6-7-1-2-11(9)3-4-14-10(13)8(11)5-7/h7-8H,1-6H2. The number of Topliss-reactive ketones (excluding diaryl/α,β-unsaturated/α-hetero) is 1. The van der Waals surface area contributed by atoms with Gasteiger partial charge in [0, 0.05) is 11.8 Å². The van der Waals surface area contributed by atoms with E-state index in [-0.39, 0.29) is 17.3 Å². The lowest BCUT2D eigenvalue weighted by molar-refractivity contribution is -0.179. The Morgan fingerprint density at radius 3 is 2.86 bits per heavy atom. The monoisotopic (exact) mass is 194 g/mol. The van der Waals surface area contributed by atoms with E-state index in [4.69, 9.17) is 4.74 Å². The number of esters is 1. The molecule has 3 heteroatoms. The van der Waals surface area contributed by atoms with E-state index in [2.05, 4.69) is 0 Å². The average Bonchev–Trinajstić information content (AvgIpc) is 2.19. The van der Waals surface area contributed by atoms with Crippen LogP contribution < -0.4 is 0 Å². The van der Waals surface area contributed by atoms with Crippen molar-refractivity contribution < 1.29 is 14.3 Å². The number of cyclic esters (lactones) is 1. The van der Waals surface area contributed by atoms with E-state index in [0.29, 0.717) is 24.7 Å². The van der Waals surface area contributed by atoms with E-state index in [1.54, 1.807) is 0 Å². The Bertz CT molecular complexity index is 306. The third-order valence-corrected chi connectivity index (χ3v) is 4.34. The first-order valence-corrected chi connectivity index (χ1v) is 5.42. The van der Waals surface area contributed by atoms with Gasteiger partial charge in [-0.1, -0.05) is 0 Å². The van der Waals surface area contributed by atoms with Crippen molar-refractivity contribution >= 4 is 11.8 Å². The van der Waals surface area contributed by atoms with Crippen LogP contribution in [0.5, 0.6) is 0 Å². The van der Waals surface area contributed by atoms with E-state index < -0.39 is 0 Å². The smallest absolute Gasteiger partial charge is 0.309 e. The predicted octanol–water partition coefficient (Wildman–Crippen LogP) is 1.31. The molecule has 3 nitrogen and oxygen atoms in total. The van der Waals surface area contributed by atoms with Crippen molar-refractivity contribution in [3.05, 3.63) is 0 Å². The third-order valence-electron chi connectivity index (χ3n) is 4.34. The van der Waals surface area contributed by atoms with Crippen molar-refractivity contribution in [1.29, 1.82) is 0 Å². The fraction of sp³-hybridized carbons (Fsp3) is 0.818. The molecule has 4 rings (SSSR count). The van der Waals surface area contributed by atoms with E-state index in [1.807, 2.05) is 0 Å². The molecule has 4 fully saturated rings. The predicted molar refractivity (Wildman–Crippen MR) is 48.5 cm³/mol. The van der Waals surface area contributed by atoms with Gasteiger partial charge in [0.2, 0.25) is 0 Å². The lowest BCUT2D eigenvalue weighted by Crippen LogP contribution is -2.55. The largest absolute Gasteiger partial charge is 0.465 e. The molecular weight excluding hydrogens is 180 g/mol. The molecular formula is C11H14O3. The number of ether oxygens (including phenoxy) is 1. The summed E-state index contributed by atoms with van der Waals surface area (Å²) in [7, 11) is 0. The summed E-state index contributed by atoms with van der Waals surface area (Å²) in [6, 6.07) is 0. The molecule has 4 aliphatic rings. The molecule has 1 spiro atoms. The van der Waals surface area contributed by atoms with Crippen molar-refractivity contribution in [1.82, 2.24) is 0 Å². The number of fused-ring (bicyclic) bond motifs is 2. The zero-order chi connectivity index (χ0) is 9.76. The highest BCUT2D eigenvalue weighted by atomic mass is 16.5. The molecule has 0 radical (unpaired) electrons. The van der Waals surface area contributed by atoms with Crippen molar-refractivity contribution in [2.45, 2.75) is 32.1 Å². The quantitative estimate of drug-likeness (QED) is 0.546. The Hall–Kier alpha value is -0.860. The molecule has 0 amide bonds. The first-order chi connectivity index (χ1) is 6.72. The fourth-order valence-electron chi connectivity index (χ4n) is 3.49. The first-order valence-electron chi connectivity index (χ1n) is 5.42. The molecule has 3 saturated carbocycles. The summed E-state index contributed by atoms with van der Waals surface area (Å²) in [4.78, 5) is 23.5. The molecule has 0 N–H and O–H groups in total. The number of carbonyl (C=O) groups is 2. The van der Waals surface area contributed by atoms with E-state index in [0.717, 1.165) is 25.7 Å². The number of ketones is 1. The van der Waals surface area contributed by atoms with Gasteiger partial charge in [0.15, 0.2) is 0 Å². The first kappa shape index (κ1) is 8.45. The maximum absolute atomic E-state index is 11.9. The second-order valence-electron chi connectivity index (χ2n) is 4.89. The van der Waals surface area contributed by atoms with Crippen LogP contribution in [0.25, 0.3) is 0 Å². The Labute approximate surface area is 82.8 Å². The Kier molecular flexibility index (Phi) is 1.56. The fourth-order valence-corrected chi connectivity index (χ4v) is 3.49. The molecule has 1 heterocycles. The highest BCUT2D eigenvalue weighted by Gasteiger charge is 2.58. The van der Waals surface area contributed by atoms with Crippen LogP contribution in [0.2, 0.25) is 0 Å². The molecule has 0 aromatic rings. The van der Waals surface area contributed by atoms with Crippen molar-refractivity contribution in [3.63, 3.8) is 0 Å². The molecule has 0 aromatic heterocycles. The summed E-state index contributed by atoms with van der Waals surface area (Å²) in [5, 5.41) is 0. The van der Waals surface area contributed by atoms with E-state index >= 15 is 0 Å². The summed E-state index contributed by atoms with van der Waals surface area (Å²) in [5.41, 5.74) is -0.302. The van der Waals surface area contributed by atoms with Gasteiger partial charge in [-0.3, -0.25) is 9.59 Å². The third kappa shape index (κ3) is 0.877. The van der Waals surface area contributed by atoms with Crippen molar-refractivity contribution in [2.24, 2.45) is 17.3 Å². The van der Waals surface area contributed by atoms with Crippen LogP contribution in [0.4, 0.5) is 0 Å². The Balaban J connectivity index is 2.02. The minimum absolute atomic E-state index is 0.101. The van der Waals surface area contributed by atoms with Crippen molar-refractivity contribution in [3.8, 4) is 0 Å². The highest BCUT2D eigenvalue weighted by Crippen LogP contribution is 2.55. The zero-order valence-corrected chi connectivity index (χ0v) is 8.12. The van der Waals surface area contributed by atoms with Crippen molar-refractivity contribution in [2.75, 3.05) is 6.61 Å². The molecule has 14 heavy (non-hydrogen) atoms. The number of rotatable bonds is 0. The Morgan fingerprint density at radius 1 is 1.29 bits per heavy atom. The molecule has 3 atom stereocenters. The van der Waals surface area contributed by atoms with Gasteiger partial charge >= 0.3 is 5.97 Å². The van der Waals surface area contributed by atoms with Crippen LogP contribution in [0.3, 0.4) is 0 Å². The summed E-state index contributed by atoms with van der Waals surface area (Å²) in [5.74, 6) is 0.576. The van der Waals surface area contributed by atoms with Gasteiger partial charge in [0.1, 0.15) is 5.78 Å². The normalized spacial score (nSPS) is 46.0. The topological polar surface area (TPSA) is 43.4 Å². The number of hydrogen-bond donors (Lipinski definition) is 0. The SMILES string of the molecule is O=C1OCCC23CCC(CC2=O)CC13. The van der Waals surface area contributed by atoms with Gasteiger partial charge in [-0.15, -0.1) is 0 Å². The molecule has 1 aliphatic heterocycles. The van der Waals surface area contributed by atoms with Gasteiger partial charge < -0.3 is 4.74 Å². The zero-order valence-electron chi connectivity index (χ0n) is 8.12. The minimum Gasteiger partial charge on any atom is -0.465 e. The van der Waals surface area contributed by atoms with Crippen LogP contribution in [0, 0.1) is 17.3 Å². The van der Waals surface area contributed by atoms with Gasteiger partial charge in [-0.05, 0) is 31.6 Å². The van der Waals surface area contributed by atoms with Crippen LogP contribution in [0.1, 0.15) is 32.1 Å². The van der Waals surface area contributed by atoms with Gasteiger partial charge in [-0.25, -0.2) is 0 Å². The lowest BCUT2D eigenvalue weighted by Gasteiger charge is -2.51. The van der Waals surface area contributed by atoms with Gasteiger partial charge in [0.05, 0.1) is 12.5 Å². The molecule has 2 bridgehead atoms. The maximum atomic E-state index is 11.9.